The maximum Gasteiger partial charge on any atom is 0.334 e. The minimum atomic E-state index is -1.07. The van der Waals surface area contributed by atoms with Crippen LogP contribution in [0.2, 0.25) is 0 Å². The van der Waals surface area contributed by atoms with E-state index >= 15 is 0 Å². The molecule has 1 atom stereocenters. The molecule has 0 saturated carbocycles. The number of morpholine rings is 1. The summed E-state index contributed by atoms with van der Waals surface area (Å²) in [7, 11) is 0. The van der Waals surface area contributed by atoms with Crippen molar-refractivity contribution in [1.29, 1.82) is 0 Å². The SMILES string of the molecule is Cc1noc2nc(C(C)C)cc(C(=O)N3CCOC(C(=O)O)C3)c12. The Bertz CT molecular complexity index is 798. The van der Waals surface area contributed by atoms with Crippen molar-refractivity contribution in [3.8, 4) is 0 Å². The van der Waals surface area contributed by atoms with Crippen LogP contribution < -0.4 is 0 Å². The number of aromatic nitrogens is 2. The number of aryl methyl sites for hydroxylation is 1. The maximum absolute atomic E-state index is 13.0. The van der Waals surface area contributed by atoms with E-state index in [-0.39, 0.29) is 25.0 Å². The van der Waals surface area contributed by atoms with Crippen LogP contribution in [-0.2, 0) is 9.53 Å². The molecule has 1 aliphatic rings. The fraction of sp³-hybridized carbons (Fsp3) is 0.500. The van der Waals surface area contributed by atoms with E-state index in [9.17, 15) is 9.59 Å². The van der Waals surface area contributed by atoms with Gasteiger partial charge in [0.1, 0.15) is 0 Å². The van der Waals surface area contributed by atoms with Crippen LogP contribution in [0.4, 0.5) is 0 Å². The predicted molar refractivity (Wildman–Crippen MR) is 83.9 cm³/mol. The molecule has 1 saturated heterocycles. The van der Waals surface area contributed by atoms with Crippen LogP contribution in [0.1, 0.15) is 41.5 Å². The molecule has 1 amide bonds. The average molecular weight is 333 g/mol. The Kier molecular flexibility index (Phi) is 4.23. The van der Waals surface area contributed by atoms with Crippen LogP contribution >= 0.6 is 0 Å². The molecule has 1 unspecified atom stereocenters. The number of hydrogen-bond donors (Lipinski definition) is 1. The molecule has 1 fully saturated rings. The van der Waals surface area contributed by atoms with E-state index in [0.29, 0.717) is 28.9 Å². The molecule has 8 nitrogen and oxygen atoms in total. The van der Waals surface area contributed by atoms with Crippen LogP contribution in [0.5, 0.6) is 0 Å². The number of amides is 1. The normalized spacial score (nSPS) is 18.3. The molecular formula is C16H19N3O5. The van der Waals surface area contributed by atoms with Gasteiger partial charge in [0.2, 0.25) is 0 Å². The number of nitrogens with zero attached hydrogens (tertiary/aromatic N) is 3. The summed E-state index contributed by atoms with van der Waals surface area (Å²) in [5.41, 5.74) is 2.07. The van der Waals surface area contributed by atoms with Crippen LogP contribution in [0.25, 0.3) is 11.1 Å². The predicted octanol–water partition coefficient (Wildman–Crippen LogP) is 1.58. The van der Waals surface area contributed by atoms with E-state index in [2.05, 4.69) is 10.1 Å². The second-order valence-corrected chi connectivity index (χ2v) is 6.15. The topological polar surface area (TPSA) is 106 Å². The van der Waals surface area contributed by atoms with E-state index in [4.69, 9.17) is 14.4 Å². The number of carboxylic acids is 1. The van der Waals surface area contributed by atoms with E-state index < -0.39 is 12.1 Å². The van der Waals surface area contributed by atoms with Crippen molar-refractivity contribution in [2.24, 2.45) is 0 Å². The van der Waals surface area contributed by atoms with Crippen molar-refractivity contribution in [2.45, 2.75) is 32.8 Å². The summed E-state index contributed by atoms with van der Waals surface area (Å²) in [6.07, 6.45) is -1.01. The van der Waals surface area contributed by atoms with Gasteiger partial charge in [-0.25, -0.2) is 9.78 Å². The average Bonchev–Trinajstić information content (AvgIpc) is 2.94. The molecule has 2 aromatic rings. The molecule has 0 spiro atoms. The summed E-state index contributed by atoms with van der Waals surface area (Å²) < 4.78 is 10.4. The molecule has 3 rings (SSSR count). The summed E-state index contributed by atoms with van der Waals surface area (Å²) in [6, 6.07) is 1.74. The molecule has 24 heavy (non-hydrogen) atoms. The Balaban J connectivity index is 2.02. The summed E-state index contributed by atoms with van der Waals surface area (Å²) in [6.45, 7) is 6.24. The van der Waals surface area contributed by atoms with E-state index in [1.807, 2.05) is 13.8 Å². The highest BCUT2D eigenvalue weighted by Gasteiger charge is 2.31. The number of fused-ring (bicyclic) bond motifs is 1. The number of rotatable bonds is 3. The van der Waals surface area contributed by atoms with Gasteiger partial charge in [-0.2, -0.15) is 0 Å². The molecule has 8 heteroatoms. The smallest absolute Gasteiger partial charge is 0.334 e. The van der Waals surface area contributed by atoms with Gasteiger partial charge in [0.15, 0.2) is 6.10 Å². The zero-order chi connectivity index (χ0) is 17.4. The highest BCUT2D eigenvalue weighted by Crippen LogP contribution is 2.26. The number of carboxylic acid groups (broad SMARTS) is 1. The summed E-state index contributed by atoms with van der Waals surface area (Å²) in [5, 5.41) is 13.6. The Morgan fingerprint density at radius 2 is 2.17 bits per heavy atom. The van der Waals surface area contributed by atoms with Gasteiger partial charge in [-0.3, -0.25) is 4.79 Å². The molecule has 2 aromatic heterocycles. The Hall–Kier alpha value is -2.48. The zero-order valence-electron chi connectivity index (χ0n) is 13.8. The highest BCUT2D eigenvalue weighted by atomic mass is 16.5. The lowest BCUT2D eigenvalue weighted by Gasteiger charge is -2.31. The first kappa shape index (κ1) is 16.4. The molecule has 0 radical (unpaired) electrons. The van der Waals surface area contributed by atoms with Crippen molar-refractivity contribution in [1.82, 2.24) is 15.0 Å². The molecule has 0 bridgehead atoms. The Morgan fingerprint density at radius 3 is 2.83 bits per heavy atom. The number of carbonyl (C=O) groups is 2. The number of pyridine rings is 1. The standard InChI is InChI=1S/C16H19N3O5/c1-8(2)11-6-10(13-9(3)18-24-14(13)17-11)15(20)19-4-5-23-12(7-19)16(21)22/h6,8,12H,4-5,7H2,1-3H3,(H,21,22). The van der Waals surface area contributed by atoms with Crippen molar-refractivity contribution in [2.75, 3.05) is 19.7 Å². The van der Waals surface area contributed by atoms with Crippen LogP contribution in [0.15, 0.2) is 10.6 Å². The Morgan fingerprint density at radius 1 is 1.42 bits per heavy atom. The monoisotopic (exact) mass is 333 g/mol. The van der Waals surface area contributed by atoms with Crippen LogP contribution in [-0.4, -0.2) is 57.8 Å². The third kappa shape index (κ3) is 2.84. The lowest BCUT2D eigenvalue weighted by molar-refractivity contribution is -0.154. The van der Waals surface area contributed by atoms with E-state index in [1.54, 1.807) is 13.0 Å². The number of hydrogen-bond acceptors (Lipinski definition) is 6. The van der Waals surface area contributed by atoms with Crippen molar-refractivity contribution >= 4 is 23.0 Å². The van der Waals surface area contributed by atoms with Gasteiger partial charge < -0.3 is 19.3 Å². The number of ether oxygens (including phenoxy) is 1. The van der Waals surface area contributed by atoms with Crippen molar-refractivity contribution < 1.29 is 24.0 Å². The molecular weight excluding hydrogens is 314 g/mol. The van der Waals surface area contributed by atoms with Crippen molar-refractivity contribution in [3.05, 3.63) is 23.0 Å². The molecule has 0 aliphatic carbocycles. The van der Waals surface area contributed by atoms with Crippen LogP contribution in [0, 0.1) is 6.92 Å². The minimum absolute atomic E-state index is 0.0132. The third-order valence-corrected chi connectivity index (χ3v) is 4.09. The molecule has 1 N–H and O–H groups in total. The fourth-order valence-corrected chi connectivity index (χ4v) is 2.73. The van der Waals surface area contributed by atoms with Gasteiger partial charge in [-0.15, -0.1) is 0 Å². The molecule has 0 aromatic carbocycles. The first-order chi connectivity index (χ1) is 11.4. The fourth-order valence-electron chi connectivity index (χ4n) is 2.73. The Labute approximate surface area is 138 Å². The van der Waals surface area contributed by atoms with E-state index in [1.165, 1.54) is 4.90 Å². The third-order valence-electron chi connectivity index (χ3n) is 4.09. The molecule has 128 valence electrons. The van der Waals surface area contributed by atoms with Gasteiger partial charge in [0, 0.05) is 12.2 Å². The number of carbonyl (C=O) groups excluding carboxylic acids is 1. The largest absolute Gasteiger partial charge is 0.479 e. The van der Waals surface area contributed by atoms with Crippen LogP contribution in [0.3, 0.4) is 0 Å². The van der Waals surface area contributed by atoms with Gasteiger partial charge in [0.05, 0.1) is 29.8 Å². The van der Waals surface area contributed by atoms with Gasteiger partial charge >= 0.3 is 5.97 Å². The quantitative estimate of drug-likeness (QED) is 0.909. The first-order valence-corrected chi connectivity index (χ1v) is 7.79. The maximum atomic E-state index is 13.0. The second kappa shape index (κ2) is 6.20. The summed E-state index contributed by atoms with van der Waals surface area (Å²) >= 11 is 0. The van der Waals surface area contributed by atoms with Gasteiger partial charge in [-0.05, 0) is 18.9 Å². The minimum Gasteiger partial charge on any atom is -0.479 e. The van der Waals surface area contributed by atoms with Crippen molar-refractivity contribution in [3.63, 3.8) is 0 Å². The molecule has 1 aliphatic heterocycles. The van der Waals surface area contributed by atoms with E-state index in [0.717, 1.165) is 5.69 Å². The zero-order valence-corrected chi connectivity index (χ0v) is 13.8. The lowest BCUT2D eigenvalue weighted by Crippen LogP contribution is -2.48. The molecule has 3 heterocycles. The second-order valence-electron chi connectivity index (χ2n) is 6.15. The highest BCUT2D eigenvalue weighted by molar-refractivity contribution is 6.06. The number of aliphatic carboxylic acids is 1. The summed E-state index contributed by atoms with van der Waals surface area (Å²) in [5.74, 6) is -1.22. The van der Waals surface area contributed by atoms with Gasteiger partial charge in [0.25, 0.3) is 11.6 Å². The first-order valence-electron chi connectivity index (χ1n) is 7.79. The summed E-state index contributed by atoms with van der Waals surface area (Å²) in [4.78, 5) is 30.0. The van der Waals surface area contributed by atoms with Gasteiger partial charge in [-0.1, -0.05) is 19.0 Å². The lowest BCUT2D eigenvalue weighted by atomic mass is 10.0.